The van der Waals surface area contributed by atoms with E-state index in [0.717, 1.165) is 0 Å². The molecule has 2 heterocycles. The van der Waals surface area contributed by atoms with E-state index in [1.807, 2.05) is 19.9 Å². The van der Waals surface area contributed by atoms with Crippen LogP contribution >= 0.6 is 0 Å². The molecule has 22 heavy (non-hydrogen) atoms. The third-order valence-corrected chi connectivity index (χ3v) is 3.20. The van der Waals surface area contributed by atoms with Gasteiger partial charge in [0, 0.05) is 12.1 Å². The molecule has 0 spiro atoms. The topological polar surface area (TPSA) is 48.7 Å². The second-order valence-electron chi connectivity index (χ2n) is 5.21. The van der Waals surface area contributed by atoms with E-state index < -0.39 is 0 Å². The lowest BCUT2D eigenvalue weighted by atomic mass is 10.1. The predicted molar refractivity (Wildman–Crippen MR) is 83.0 cm³/mol. The molecule has 3 rings (SSSR count). The molecule has 0 bridgehead atoms. The van der Waals surface area contributed by atoms with E-state index in [0.29, 0.717) is 29.4 Å². The van der Waals surface area contributed by atoms with E-state index in [-0.39, 0.29) is 11.5 Å². The number of hydrogen-bond acceptors (Lipinski definition) is 4. The van der Waals surface area contributed by atoms with Crippen LogP contribution in [0.4, 0.5) is 0 Å². The van der Waals surface area contributed by atoms with Gasteiger partial charge in [-0.25, -0.2) is 0 Å². The number of Topliss-reactive ketones (excluding diaryl/α,β-unsaturated/α-hetero) is 1. The molecule has 0 aliphatic carbocycles. The molecule has 4 heteroatoms. The molecule has 0 saturated heterocycles. The summed E-state index contributed by atoms with van der Waals surface area (Å²) in [6, 6.07) is 8.75. The fourth-order valence-corrected chi connectivity index (χ4v) is 2.06. The van der Waals surface area contributed by atoms with Gasteiger partial charge in [0.25, 0.3) is 0 Å². The van der Waals surface area contributed by atoms with Crippen LogP contribution in [0.25, 0.3) is 6.08 Å². The fraction of sp³-hybridized carbons (Fsp3) is 0.167. The van der Waals surface area contributed by atoms with Crippen molar-refractivity contribution >= 4 is 11.9 Å². The summed E-state index contributed by atoms with van der Waals surface area (Å²) in [4.78, 5) is 12.3. The summed E-state index contributed by atoms with van der Waals surface area (Å²) in [5.41, 5.74) is 1.73. The number of benzene rings is 1. The van der Waals surface area contributed by atoms with Crippen LogP contribution in [0.5, 0.6) is 11.5 Å². The number of carbonyl (C=O) groups is 1. The van der Waals surface area contributed by atoms with Crippen molar-refractivity contribution in [3.8, 4) is 11.5 Å². The molecule has 0 saturated carbocycles. The van der Waals surface area contributed by atoms with Crippen molar-refractivity contribution in [1.82, 2.24) is 0 Å². The van der Waals surface area contributed by atoms with Crippen LogP contribution in [0.1, 0.15) is 30.0 Å². The van der Waals surface area contributed by atoms with Crippen LogP contribution in [0.15, 0.2) is 58.4 Å². The molecular weight excluding hydrogens is 280 g/mol. The number of rotatable bonds is 4. The molecule has 4 nitrogen and oxygen atoms in total. The van der Waals surface area contributed by atoms with E-state index in [1.165, 1.54) is 5.57 Å². The number of ketones is 1. The number of allylic oxidation sites excluding steroid dienone is 2. The Hall–Kier alpha value is -2.75. The molecule has 0 amide bonds. The highest BCUT2D eigenvalue weighted by atomic mass is 16.5. The lowest BCUT2D eigenvalue weighted by Gasteiger charge is -2.05. The Morgan fingerprint density at radius 2 is 2.14 bits per heavy atom. The van der Waals surface area contributed by atoms with Gasteiger partial charge in [-0.15, -0.1) is 0 Å². The molecule has 1 aromatic heterocycles. The number of hydrogen-bond donors (Lipinski definition) is 0. The Kier molecular flexibility index (Phi) is 3.83. The van der Waals surface area contributed by atoms with Gasteiger partial charge in [0.1, 0.15) is 23.9 Å². The maximum absolute atomic E-state index is 12.3. The SMILES string of the molecule is CC(C)=CCOc1ccc2c(c1)O/C(=C/c1ccco1)C2=O. The molecule has 0 atom stereocenters. The van der Waals surface area contributed by atoms with Crippen molar-refractivity contribution in [1.29, 1.82) is 0 Å². The highest BCUT2D eigenvalue weighted by molar-refractivity contribution is 6.14. The molecule has 1 aliphatic heterocycles. The van der Waals surface area contributed by atoms with E-state index in [9.17, 15) is 4.79 Å². The van der Waals surface area contributed by atoms with E-state index in [1.54, 1.807) is 42.7 Å². The molecule has 1 aliphatic rings. The summed E-state index contributed by atoms with van der Waals surface area (Å²) >= 11 is 0. The van der Waals surface area contributed by atoms with Gasteiger partial charge in [-0.2, -0.15) is 0 Å². The zero-order chi connectivity index (χ0) is 15.5. The van der Waals surface area contributed by atoms with Gasteiger partial charge in [0.15, 0.2) is 5.76 Å². The molecule has 0 fully saturated rings. The molecule has 1 aromatic carbocycles. The van der Waals surface area contributed by atoms with Crippen LogP contribution in [0.2, 0.25) is 0 Å². The van der Waals surface area contributed by atoms with Crippen molar-refractivity contribution in [2.75, 3.05) is 6.61 Å². The van der Waals surface area contributed by atoms with Crippen LogP contribution in [0, 0.1) is 0 Å². The first kappa shape index (κ1) is 14.2. The van der Waals surface area contributed by atoms with Gasteiger partial charge in [-0.1, -0.05) is 5.57 Å². The maximum atomic E-state index is 12.3. The van der Waals surface area contributed by atoms with Crippen LogP contribution in [-0.2, 0) is 0 Å². The second kappa shape index (κ2) is 5.93. The monoisotopic (exact) mass is 296 g/mol. The van der Waals surface area contributed by atoms with Crippen LogP contribution in [-0.4, -0.2) is 12.4 Å². The van der Waals surface area contributed by atoms with Gasteiger partial charge in [-0.05, 0) is 44.2 Å². The Morgan fingerprint density at radius 1 is 1.27 bits per heavy atom. The minimum Gasteiger partial charge on any atom is -0.489 e. The molecular formula is C18H16O4. The standard InChI is InChI=1S/C18H16O4/c1-12(2)7-9-21-14-5-6-15-16(10-14)22-17(18(15)19)11-13-4-3-8-20-13/h3-8,10-11H,9H2,1-2H3/b17-11+. The Labute approximate surface area is 128 Å². The first-order chi connectivity index (χ1) is 10.6. The maximum Gasteiger partial charge on any atom is 0.232 e. The first-order valence-electron chi connectivity index (χ1n) is 7.01. The summed E-state index contributed by atoms with van der Waals surface area (Å²) in [6.45, 7) is 4.52. The van der Waals surface area contributed by atoms with E-state index in [4.69, 9.17) is 13.9 Å². The number of fused-ring (bicyclic) bond motifs is 1. The first-order valence-corrected chi connectivity index (χ1v) is 7.01. The minimum absolute atomic E-state index is 0.151. The van der Waals surface area contributed by atoms with Gasteiger partial charge in [0.2, 0.25) is 5.78 Å². The minimum atomic E-state index is -0.151. The largest absolute Gasteiger partial charge is 0.489 e. The number of furan rings is 1. The van der Waals surface area contributed by atoms with Gasteiger partial charge in [0.05, 0.1) is 11.8 Å². The molecule has 0 unspecified atom stereocenters. The molecule has 2 aromatic rings. The lowest BCUT2D eigenvalue weighted by Crippen LogP contribution is -1.97. The summed E-state index contributed by atoms with van der Waals surface area (Å²) in [5, 5.41) is 0. The fourth-order valence-electron chi connectivity index (χ4n) is 2.06. The third kappa shape index (κ3) is 2.96. The Balaban J connectivity index is 1.79. The van der Waals surface area contributed by atoms with Crippen molar-refractivity contribution in [3.05, 3.63) is 65.3 Å². The van der Waals surface area contributed by atoms with Crippen molar-refractivity contribution in [3.63, 3.8) is 0 Å². The van der Waals surface area contributed by atoms with Crippen LogP contribution < -0.4 is 9.47 Å². The lowest BCUT2D eigenvalue weighted by molar-refractivity contribution is 0.101. The summed E-state index contributed by atoms with van der Waals surface area (Å²) in [7, 11) is 0. The van der Waals surface area contributed by atoms with Gasteiger partial charge >= 0.3 is 0 Å². The highest BCUT2D eigenvalue weighted by Crippen LogP contribution is 2.34. The Bertz CT molecular complexity index is 747. The zero-order valence-corrected chi connectivity index (χ0v) is 12.5. The number of carbonyl (C=O) groups excluding carboxylic acids is 1. The number of ether oxygens (including phenoxy) is 2. The summed E-state index contributed by atoms with van der Waals surface area (Å²) in [6.07, 6.45) is 5.13. The zero-order valence-electron chi connectivity index (χ0n) is 12.5. The average Bonchev–Trinajstić information content (AvgIpc) is 3.08. The highest BCUT2D eigenvalue weighted by Gasteiger charge is 2.28. The third-order valence-electron chi connectivity index (χ3n) is 3.20. The predicted octanol–water partition coefficient (Wildman–Crippen LogP) is 4.24. The second-order valence-corrected chi connectivity index (χ2v) is 5.21. The van der Waals surface area contributed by atoms with Crippen LogP contribution in [0.3, 0.4) is 0 Å². The average molecular weight is 296 g/mol. The summed E-state index contributed by atoms with van der Waals surface area (Å²) < 4.78 is 16.4. The quantitative estimate of drug-likeness (QED) is 0.625. The van der Waals surface area contributed by atoms with Gasteiger partial charge in [-0.3, -0.25) is 4.79 Å². The Morgan fingerprint density at radius 3 is 2.86 bits per heavy atom. The van der Waals surface area contributed by atoms with Crippen molar-refractivity contribution < 1.29 is 18.7 Å². The van der Waals surface area contributed by atoms with Crippen molar-refractivity contribution in [2.45, 2.75) is 13.8 Å². The van der Waals surface area contributed by atoms with E-state index in [2.05, 4.69) is 0 Å². The normalized spacial score (nSPS) is 14.6. The molecule has 112 valence electrons. The van der Waals surface area contributed by atoms with Crippen molar-refractivity contribution in [2.24, 2.45) is 0 Å². The van der Waals surface area contributed by atoms with Gasteiger partial charge < -0.3 is 13.9 Å². The summed E-state index contributed by atoms with van der Waals surface area (Å²) in [5.74, 6) is 1.87. The molecule has 0 N–H and O–H groups in total. The van der Waals surface area contributed by atoms with E-state index >= 15 is 0 Å². The smallest absolute Gasteiger partial charge is 0.232 e. The molecule has 0 radical (unpaired) electrons.